The lowest BCUT2D eigenvalue weighted by atomic mass is 10.1. The zero-order chi connectivity index (χ0) is 36.8. The van der Waals surface area contributed by atoms with Crippen LogP contribution in [0.2, 0.25) is 0 Å². The van der Waals surface area contributed by atoms with Crippen molar-refractivity contribution in [2.45, 2.75) is 67.3 Å². The van der Waals surface area contributed by atoms with Gasteiger partial charge in [0.15, 0.2) is 13.2 Å². The Morgan fingerprint density at radius 1 is 0.918 bits per heavy atom. The standard InChI is InChI=1S/C28H41N3O15S3/c1-5-31(24(35)10-7-14-44-26(37)18-46-20(3)33)22-16-30(11-8-12-42-4)49(40,41)28-21(22)15-27(47-28)48(38,39)29-23(34)9-6-13-43-25(36)17-45-19(2)32/h15,22H,5-14,16-18H2,1-4H3,(H,29,34)/t22-/m0/s1. The smallest absolute Gasteiger partial charge is 0.344 e. The van der Waals surface area contributed by atoms with Crippen molar-refractivity contribution in [3.63, 3.8) is 0 Å². The first-order valence-electron chi connectivity index (χ1n) is 15.1. The van der Waals surface area contributed by atoms with Crippen molar-refractivity contribution >= 4 is 67.1 Å². The predicted octanol–water partition coefficient (Wildman–Crippen LogP) is 0.256. The SMILES string of the molecule is CCN(C(=O)CCCOC(=O)COC(C)=O)[C@H]1CN(CCCOC)S(=O)(=O)c2sc(S(=O)(=O)NC(=O)CCCOC(=O)COC(C)=O)cc21. The first kappa shape index (κ1) is 41.5. The molecule has 49 heavy (non-hydrogen) atoms. The predicted molar refractivity (Wildman–Crippen MR) is 169 cm³/mol. The summed E-state index contributed by atoms with van der Waals surface area (Å²) in [5, 5.41) is 0. The highest BCUT2D eigenvalue weighted by Gasteiger charge is 2.43. The van der Waals surface area contributed by atoms with Crippen molar-refractivity contribution in [3.05, 3.63) is 11.6 Å². The van der Waals surface area contributed by atoms with Crippen LogP contribution in [0.3, 0.4) is 0 Å². The molecule has 1 aliphatic heterocycles. The van der Waals surface area contributed by atoms with Crippen LogP contribution in [-0.2, 0) is 72.5 Å². The van der Waals surface area contributed by atoms with Crippen LogP contribution >= 0.6 is 11.3 Å². The minimum Gasteiger partial charge on any atom is -0.463 e. The van der Waals surface area contributed by atoms with Crippen molar-refractivity contribution < 1.29 is 69.3 Å². The summed E-state index contributed by atoms with van der Waals surface area (Å²) >= 11 is 0.443. The molecule has 0 radical (unpaired) electrons. The minimum absolute atomic E-state index is 0.0261. The number of amides is 2. The molecule has 1 N–H and O–H groups in total. The van der Waals surface area contributed by atoms with Gasteiger partial charge in [-0.15, -0.1) is 11.3 Å². The molecular formula is C28H41N3O15S3. The fraction of sp³-hybridized carbons (Fsp3) is 0.643. The van der Waals surface area contributed by atoms with Gasteiger partial charge in [-0.2, -0.15) is 4.31 Å². The van der Waals surface area contributed by atoms with Crippen LogP contribution in [0.5, 0.6) is 0 Å². The number of thiophene rings is 1. The van der Waals surface area contributed by atoms with E-state index in [0.717, 1.165) is 24.2 Å². The van der Waals surface area contributed by atoms with Gasteiger partial charge in [0.05, 0.1) is 19.3 Å². The van der Waals surface area contributed by atoms with Gasteiger partial charge >= 0.3 is 23.9 Å². The molecule has 21 heteroatoms. The molecule has 1 aliphatic rings. The Morgan fingerprint density at radius 2 is 1.49 bits per heavy atom. The number of ether oxygens (including phenoxy) is 5. The number of carbonyl (C=O) groups is 6. The van der Waals surface area contributed by atoms with Crippen LogP contribution in [0.4, 0.5) is 0 Å². The van der Waals surface area contributed by atoms with E-state index in [-0.39, 0.29) is 74.9 Å². The van der Waals surface area contributed by atoms with Gasteiger partial charge in [-0.05, 0) is 32.3 Å². The maximum absolute atomic E-state index is 13.6. The van der Waals surface area contributed by atoms with Crippen LogP contribution in [0.25, 0.3) is 0 Å². The summed E-state index contributed by atoms with van der Waals surface area (Å²) < 4.78 is 79.9. The Bertz CT molecular complexity index is 1570. The van der Waals surface area contributed by atoms with Gasteiger partial charge in [0.2, 0.25) is 11.8 Å². The average molecular weight is 756 g/mol. The summed E-state index contributed by atoms with van der Waals surface area (Å²) in [5.74, 6) is -4.33. The normalized spacial score (nSPS) is 15.4. The highest BCUT2D eigenvalue weighted by atomic mass is 32.3. The number of likely N-dealkylation sites (N-methyl/N-ethyl adjacent to an activating group) is 1. The topological polar surface area (TPSA) is 235 Å². The van der Waals surface area contributed by atoms with E-state index in [0.29, 0.717) is 17.8 Å². The summed E-state index contributed by atoms with van der Waals surface area (Å²) in [6.07, 6.45) is -0.0860. The van der Waals surface area contributed by atoms with Gasteiger partial charge in [-0.3, -0.25) is 19.2 Å². The Labute approximate surface area is 288 Å². The number of fused-ring (bicyclic) bond motifs is 1. The van der Waals surface area contributed by atoms with E-state index < -0.39 is 79.2 Å². The minimum atomic E-state index is -4.56. The molecule has 2 rings (SSSR count). The quantitative estimate of drug-likeness (QED) is 0.107. The summed E-state index contributed by atoms with van der Waals surface area (Å²) in [6.45, 7) is 2.57. The van der Waals surface area contributed by atoms with E-state index in [2.05, 4.69) is 9.47 Å². The molecule has 1 aromatic heterocycles. The van der Waals surface area contributed by atoms with Crippen LogP contribution in [0, 0.1) is 0 Å². The second kappa shape index (κ2) is 19.5. The first-order valence-corrected chi connectivity index (χ1v) is 18.8. The third-order valence-electron chi connectivity index (χ3n) is 6.71. The molecule has 18 nitrogen and oxygen atoms in total. The molecule has 0 fully saturated rings. The maximum Gasteiger partial charge on any atom is 0.344 e. The number of hydrogen-bond acceptors (Lipinski definition) is 16. The number of nitrogens with one attached hydrogen (secondary N) is 1. The van der Waals surface area contributed by atoms with E-state index in [9.17, 15) is 45.6 Å². The number of sulfonamides is 2. The number of hydrogen-bond donors (Lipinski definition) is 1. The first-order chi connectivity index (χ1) is 23.0. The molecular weight excluding hydrogens is 715 g/mol. The monoisotopic (exact) mass is 755 g/mol. The molecule has 1 atom stereocenters. The molecule has 0 aliphatic carbocycles. The van der Waals surface area contributed by atoms with E-state index in [4.69, 9.17) is 14.2 Å². The molecule has 0 saturated carbocycles. The molecule has 2 heterocycles. The summed E-state index contributed by atoms with van der Waals surface area (Å²) in [6, 6.07) is 0.246. The molecule has 0 bridgehead atoms. The Morgan fingerprint density at radius 3 is 2.02 bits per heavy atom. The molecule has 0 saturated heterocycles. The van der Waals surface area contributed by atoms with Gasteiger partial charge in [-0.1, -0.05) is 0 Å². The number of methoxy groups -OCH3 is 1. The second-order valence-electron chi connectivity index (χ2n) is 10.5. The lowest BCUT2D eigenvalue weighted by Crippen LogP contribution is -2.47. The number of nitrogens with zero attached hydrogens (tertiary/aromatic N) is 2. The fourth-order valence-corrected chi connectivity index (χ4v) is 9.38. The van der Waals surface area contributed by atoms with Crippen molar-refractivity contribution in [2.24, 2.45) is 0 Å². The lowest BCUT2D eigenvalue weighted by Gasteiger charge is -2.38. The fourth-order valence-electron chi connectivity index (χ4n) is 4.50. The van der Waals surface area contributed by atoms with Gasteiger partial charge in [-0.25, -0.2) is 31.1 Å². The van der Waals surface area contributed by atoms with Crippen molar-refractivity contribution in [1.29, 1.82) is 0 Å². The van der Waals surface area contributed by atoms with Crippen LogP contribution < -0.4 is 4.72 Å². The van der Waals surface area contributed by atoms with Crippen LogP contribution in [0.15, 0.2) is 14.5 Å². The van der Waals surface area contributed by atoms with E-state index in [1.54, 1.807) is 6.92 Å². The molecule has 0 unspecified atom stereocenters. The van der Waals surface area contributed by atoms with Crippen molar-refractivity contribution in [3.8, 4) is 0 Å². The maximum atomic E-state index is 13.6. The summed E-state index contributed by atoms with van der Waals surface area (Å²) in [7, 11) is -7.30. The van der Waals surface area contributed by atoms with Gasteiger partial charge in [0.25, 0.3) is 20.0 Å². The zero-order valence-electron chi connectivity index (χ0n) is 27.6. The highest BCUT2D eigenvalue weighted by Crippen LogP contribution is 2.42. The average Bonchev–Trinajstić information content (AvgIpc) is 3.50. The Hall–Kier alpha value is -3.66. The Balaban J connectivity index is 2.22. The molecule has 1 aromatic rings. The van der Waals surface area contributed by atoms with Crippen LogP contribution in [0.1, 0.15) is 64.5 Å². The van der Waals surface area contributed by atoms with Crippen molar-refractivity contribution in [2.75, 3.05) is 59.8 Å². The van der Waals surface area contributed by atoms with Gasteiger partial charge in [0.1, 0.15) is 8.42 Å². The number of esters is 4. The lowest BCUT2D eigenvalue weighted by molar-refractivity contribution is -0.157. The zero-order valence-corrected chi connectivity index (χ0v) is 30.0. The third-order valence-corrected chi connectivity index (χ3v) is 12.1. The second-order valence-corrected chi connectivity index (χ2v) is 15.5. The Kier molecular flexibility index (Phi) is 16.5. The summed E-state index contributed by atoms with van der Waals surface area (Å²) in [4.78, 5) is 72.0. The van der Waals surface area contributed by atoms with E-state index in [1.807, 2.05) is 4.72 Å². The van der Waals surface area contributed by atoms with Gasteiger partial charge < -0.3 is 28.6 Å². The van der Waals surface area contributed by atoms with Crippen LogP contribution in [-0.4, -0.2) is 122 Å². The van der Waals surface area contributed by atoms with Gasteiger partial charge in [0, 0.05) is 65.6 Å². The number of carbonyl (C=O) groups excluding carboxylic acids is 6. The molecule has 0 spiro atoms. The summed E-state index contributed by atoms with van der Waals surface area (Å²) in [5.41, 5.74) is 0.0727. The molecule has 2 amide bonds. The highest BCUT2D eigenvalue weighted by molar-refractivity contribution is 7.94. The third kappa shape index (κ3) is 13.0. The van der Waals surface area contributed by atoms with Crippen molar-refractivity contribution in [1.82, 2.24) is 13.9 Å². The molecule has 276 valence electrons. The molecule has 0 aromatic carbocycles. The van der Waals surface area contributed by atoms with E-state index in [1.165, 1.54) is 12.0 Å². The van der Waals surface area contributed by atoms with E-state index >= 15 is 0 Å². The largest absolute Gasteiger partial charge is 0.463 e. The number of rotatable bonds is 20.